The van der Waals surface area contributed by atoms with Gasteiger partial charge >= 0.3 is 0 Å². The van der Waals surface area contributed by atoms with Crippen LogP contribution in [0.5, 0.6) is 0 Å². The average Bonchev–Trinajstić information content (AvgIpc) is 1.96. The minimum atomic E-state index is -0.486. The average molecular weight is 214 g/mol. The van der Waals surface area contributed by atoms with Crippen LogP contribution in [0.4, 0.5) is 0 Å². The Hall–Kier alpha value is -0.0400. The van der Waals surface area contributed by atoms with Gasteiger partial charge in [-0.15, -0.1) is 0 Å². The van der Waals surface area contributed by atoms with Gasteiger partial charge in [-0.1, -0.05) is 41.5 Å². The summed E-state index contributed by atoms with van der Waals surface area (Å²) >= 11 is 0. The maximum absolute atomic E-state index is 10.2. The Morgan fingerprint density at radius 2 is 0.867 bits per heavy atom. The lowest BCUT2D eigenvalue weighted by Gasteiger charge is -2.30. The molecule has 1 heteroatoms. The maximum Gasteiger partial charge on any atom is 0.0620 e. The number of hydrogen-bond donors (Lipinski definition) is 1. The molecule has 0 rings (SSSR count). The molecule has 92 valence electrons. The molecule has 15 heavy (non-hydrogen) atoms. The van der Waals surface area contributed by atoms with Crippen LogP contribution in [0.25, 0.3) is 0 Å². The van der Waals surface area contributed by atoms with Crippen LogP contribution in [-0.2, 0) is 0 Å². The van der Waals surface area contributed by atoms with E-state index in [0.29, 0.717) is 10.8 Å². The van der Waals surface area contributed by atoms with E-state index in [0.717, 1.165) is 25.7 Å². The van der Waals surface area contributed by atoms with Gasteiger partial charge in [0.15, 0.2) is 0 Å². The van der Waals surface area contributed by atoms with E-state index in [1.807, 2.05) is 6.92 Å². The van der Waals surface area contributed by atoms with Gasteiger partial charge in [-0.25, -0.2) is 0 Å². The number of aliphatic hydroxyl groups is 1. The Morgan fingerprint density at radius 3 is 1.07 bits per heavy atom. The highest BCUT2D eigenvalue weighted by Gasteiger charge is 2.25. The lowest BCUT2D eigenvalue weighted by atomic mass is 9.80. The van der Waals surface area contributed by atoms with Crippen molar-refractivity contribution in [1.82, 2.24) is 0 Å². The molecule has 0 aromatic heterocycles. The zero-order valence-corrected chi connectivity index (χ0v) is 11.8. The molecule has 0 aliphatic heterocycles. The molecule has 0 aliphatic carbocycles. The van der Waals surface area contributed by atoms with Gasteiger partial charge in [0, 0.05) is 0 Å². The minimum absolute atomic E-state index is 0.325. The summed E-state index contributed by atoms with van der Waals surface area (Å²) in [4.78, 5) is 0. The highest BCUT2D eigenvalue weighted by Crippen LogP contribution is 2.31. The summed E-state index contributed by atoms with van der Waals surface area (Å²) in [6.45, 7) is 15.4. The molecule has 0 unspecified atom stereocenters. The first-order chi connectivity index (χ1) is 6.41. The normalized spacial score (nSPS) is 14.4. The van der Waals surface area contributed by atoms with Gasteiger partial charge in [0.1, 0.15) is 0 Å². The first-order valence-corrected chi connectivity index (χ1v) is 6.14. The van der Waals surface area contributed by atoms with E-state index in [4.69, 9.17) is 0 Å². The molecular formula is C14H30O. The largest absolute Gasteiger partial charge is 0.390 e. The third-order valence-corrected chi connectivity index (χ3v) is 2.83. The van der Waals surface area contributed by atoms with Crippen molar-refractivity contribution < 1.29 is 5.11 Å². The summed E-state index contributed by atoms with van der Waals surface area (Å²) in [6.07, 6.45) is 3.99. The van der Waals surface area contributed by atoms with E-state index < -0.39 is 5.60 Å². The zero-order chi connectivity index (χ0) is 12.3. The second-order valence-electron chi connectivity index (χ2n) is 7.62. The molecule has 0 amide bonds. The van der Waals surface area contributed by atoms with Crippen LogP contribution < -0.4 is 0 Å². The van der Waals surface area contributed by atoms with Crippen LogP contribution in [0.1, 0.15) is 74.1 Å². The summed E-state index contributed by atoms with van der Waals surface area (Å²) in [5.41, 5.74) is 0.165. The fraction of sp³-hybridized carbons (Fsp3) is 1.00. The van der Waals surface area contributed by atoms with Gasteiger partial charge < -0.3 is 5.11 Å². The lowest BCUT2D eigenvalue weighted by Crippen LogP contribution is -2.27. The third kappa shape index (κ3) is 10.2. The topological polar surface area (TPSA) is 20.2 Å². The summed E-state index contributed by atoms with van der Waals surface area (Å²) in [5.74, 6) is 0. The lowest BCUT2D eigenvalue weighted by molar-refractivity contribution is 0.0209. The van der Waals surface area contributed by atoms with Crippen molar-refractivity contribution in [2.45, 2.75) is 79.8 Å². The molecular weight excluding hydrogens is 184 g/mol. The Balaban J connectivity index is 3.98. The van der Waals surface area contributed by atoms with E-state index in [1.165, 1.54) is 0 Å². The Labute approximate surface area is 96.3 Å². The van der Waals surface area contributed by atoms with Crippen LogP contribution >= 0.6 is 0 Å². The fourth-order valence-electron chi connectivity index (χ4n) is 1.41. The van der Waals surface area contributed by atoms with Crippen molar-refractivity contribution in [3.63, 3.8) is 0 Å². The summed E-state index contributed by atoms with van der Waals surface area (Å²) in [7, 11) is 0. The van der Waals surface area contributed by atoms with Gasteiger partial charge in [0.2, 0.25) is 0 Å². The molecule has 0 aliphatic rings. The van der Waals surface area contributed by atoms with Gasteiger partial charge in [-0.2, -0.15) is 0 Å². The Bertz CT molecular complexity index is 158. The van der Waals surface area contributed by atoms with Crippen molar-refractivity contribution in [3.05, 3.63) is 0 Å². The quantitative estimate of drug-likeness (QED) is 0.736. The van der Waals surface area contributed by atoms with Crippen molar-refractivity contribution in [3.8, 4) is 0 Å². The van der Waals surface area contributed by atoms with E-state index >= 15 is 0 Å². The molecule has 0 aromatic carbocycles. The summed E-state index contributed by atoms with van der Waals surface area (Å²) < 4.78 is 0. The van der Waals surface area contributed by atoms with E-state index in [-0.39, 0.29) is 0 Å². The molecule has 1 N–H and O–H groups in total. The predicted octanol–water partition coefficient (Wildman–Crippen LogP) is 4.39. The highest BCUT2D eigenvalue weighted by atomic mass is 16.3. The van der Waals surface area contributed by atoms with Gasteiger partial charge in [0.05, 0.1) is 5.60 Å². The second-order valence-corrected chi connectivity index (χ2v) is 7.62. The van der Waals surface area contributed by atoms with Gasteiger partial charge in [-0.3, -0.25) is 0 Å². The molecule has 0 aromatic rings. The molecule has 0 spiro atoms. The first kappa shape index (κ1) is 15.0. The SMILES string of the molecule is CC(C)(C)CCC(C)(O)CCC(C)(C)C. The fourth-order valence-corrected chi connectivity index (χ4v) is 1.41. The molecule has 1 nitrogen and oxygen atoms in total. The number of rotatable bonds is 4. The van der Waals surface area contributed by atoms with Crippen molar-refractivity contribution >= 4 is 0 Å². The zero-order valence-electron chi connectivity index (χ0n) is 11.8. The smallest absolute Gasteiger partial charge is 0.0620 e. The highest BCUT2D eigenvalue weighted by molar-refractivity contribution is 4.78. The molecule has 0 saturated heterocycles. The first-order valence-electron chi connectivity index (χ1n) is 6.14. The van der Waals surface area contributed by atoms with Crippen molar-refractivity contribution in [2.75, 3.05) is 0 Å². The third-order valence-electron chi connectivity index (χ3n) is 2.83. The number of hydrogen-bond acceptors (Lipinski definition) is 1. The second kappa shape index (κ2) is 4.86. The van der Waals surface area contributed by atoms with Crippen LogP contribution in [0.15, 0.2) is 0 Å². The standard InChI is InChI=1S/C14H30O/c1-12(2,3)8-10-14(7,15)11-9-13(4,5)6/h15H,8-11H2,1-7H3. The molecule has 0 radical (unpaired) electrons. The van der Waals surface area contributed by atoms with Crippen molar-refractivity contribution in [1.29, 1.82) is 0 Å². The van der Waals surface area contributed by atoms with Crippen molar-refractivity contribution in [2.24, 2.45) is 10.8 Å². The Morgan fingerprint density at radius 1 is 0.600 bits per heavy atom. The van der Waals surface area contributed by atoms with Crippen LogP contribution in [0.2, 0.25) is 0 Å². The molecule has 0 bridgehead atoms. The van der Waals surface area contributed by atoms with Crippen LogP contribution in [0.3, 0.4) is 0 Å². The van der Waals surface area contributed by atoms with E-state index in [2.05, 4.69) is 41.5 Å². The maximum atomic E-state index is 10.2. The summed E-state index contributed by atoms with van der Waals surface area (Å²) in [5, 5.41) is 10.2. The summed E-state index contributed by atoms with van der Waals surface area (Å²) in [6, 6.07) is 0. The molecule has 0 heterocycles. The van der Waals surface area contributed by atoms with E-state index in [1.54, 1.807) is 0 Å². The molecule has 0 saturated carbocycles. The van der Waals surface area contributed by atoms with E-state index in [9.17, 15) is 5.11 Å². The van der Waals surface area contributed by atoms with Crippen LogP contribution in [-0.4, -0.2) is 10.7 Å². The minimum Gasteiger partial charge on any atom is -0.390 e. The molecule has 0 atom stereocenters. The molecule has 0 fully saturated rings. The van der Waals surface area contributed by atoms with Gasteiger partial charge in [0.25, 0.3) is 0 Å². The van der Waals surface area contributed by atoms with Gasteiger partial charge in [-0.05, 0) is 43.4 Å². The van der Waals surface area contributed by atoms with Crippen LogP contribution in [0, 0.1) is 10.8 Å². The Kier molecular flexibility index (Phi) is 4.85. The monoisotopic (exact) mass is 214 g/mol. The predicted molar refractivity (Wildman–Crippen MR) is 68.0 cm³/mol.